The molecule has 2 amide bonds. The van der Waals surface area contributed by atoms with E-state index >= 15 is 0 Å². The zero-order valence-corrected chi connectivity index (χ0v) is 20.8. The Kier molecular flexibility index (Phi) is 8.24. The largest absolute Gasteiger partial charge is 0.383 e. The Hall–Kier alpha value is -2.67. The fraction of sp³-hybridized carbons (Fsp3) is 0.560. The summed E-state index contributed by atoms with van der Waals surface area (Å²) < 4.78 is 6.89. The number of carbonyl (C=O) groups is 2. The molecule has 0 aliphatic rings. The molecule has 176 valence electrons. The number of nitrogens with zero attached hydrogens (tertiary/aromatic N) is 3. The maximum atomic E-state index is 13.0. The smallest absolute Gasteiger partial charge is 0.245 e. The van der Waals surface area contributed by atoms with Crippen LogP contribution in [0.3, 0.4) is 0 Å². The molecule has 32 heavy (non-hydrogen) atoms. The third-order valence-corrected chi connectivity index (χ3v) is 4.93. The van der Waals surface area contributed by atoms with Gasteiger partial charge in [0.25, 0.3) is 0 Å². The Morgan fingerprint density at radius 2 is 1.81 bits per heavy atom. The lowest BCUT2D eigenvalue weighted by Gasteiger charge is -2.26. The normalized spacial score (nSPS) is 12.0. The first kappa shape index (κ1) is 25.6. The molecule has 2 aromatic rings. The van der Waals surface area contributed by atoms with Crippen LogP contribution in [0.5, 0.6) is 0 Å². The summed E-state index contributed by atoms with van der Waals surface area (Å²) in [5, 5.41) is 7.73. The predicted octanol–water partition coefficient (Wildman–Crippen LogP) is 4.33. The van der Waals surface area contributed by atoms with E-state index in [9.17, 15) is 9.59 Å². The van der Waals surface area contributed by atoms with E-state index in [1.165, 1.54) is 0 Å². The first-order valence-corrected chi connectivity index (χ1v) is 11.0. The molecule has 1 heterocycles. The first-order chi connectivity index (χ1) is 14.8. The molecule has 0 unspecified atom stereocenters. The zero-order valence-electron chi connectivity index (χ0n) is 20.8. The van der Waals surface area contributed by atoms with Crippen LogP contribution in [0.1, 0.15) is 59.2 Å². The Morgan fingerprint density at radius 1 is 1.12 bits per heavy atom. The van der Waals surface area contributed by atoms with Crippen molar-refractivity contribution < 1.29 is 14.3 Å². The molecule has 0 fully saturated rings. The summed E-state index contributed by atoms with van der Waals surface area (Å²) in [6.07, 6.45) is 0.361. The Morgan fingerprint density at radius 3 is 2.38 bits per heavy atom. The van der Waals surface area contributed by atoms with Crippen molar-refractivity contribution in [2.24, 2.45) is 5.41 Å². The van der Waals surface area contributed by atoms with Crippen LogP contribution in [0.25, 0.3) is 5.69 Å². The number of benzene rings is 1. The van der Waals surface area contributed by atoms with Crippen LogP contribution in [0.15, 0.2) is 30.3 Å². The van der Waals surface area contributed by atoms with E-state index in [1.54, 1.807) is 16.7 Å². The molecule has 0 aliphatic heterocycles. The van der Waals surface area contributed by atoms with Crippen LogP contribution < -0.4 is 5.32 Å². The Labute approximate surface area is 192 Å². The minimum absolute atomic E-state index is 0.0396. The van der Waals surface area contributed by atoms with Gasteiger partial charge in [-0.05, 0) is 30.0 Å². The van der Waals surface area contributed by atoms with Crippen molar-refractivity contribution in [1.82, 2.24) is 14.7 Å². The molecule has 2 rings (SSSR count). The number of nitrogens with one attached hydrogen (secondary N) is 1. The van der Waals surface area contributed by atoms with Crippen molar-refractivity contribution >= 4 is 17.6 Å². The monoisotopic (exact) mass is 442 g/mol. The lowest BCUT2D eigenvalue weighted by Crippen LogP contribution is -2.41. The number of methoxy groups -OCH3 is 1. The molecule has 1 aromatic heterocycles. The van der Waals surface area contributed by atoms with Gasteiger partial charge in [-0.2, -0.15) is 5.10 Å². The number of aromatic nitrogens is 2. The predicted molar refractivity (Wildman–Crippen MR) is 128 cm³/mol. The van der Waals surface area contributed by atoms with Crippen molar-refractivity contribution in [1.29, 1.82) is 0 Å². The van der Waals surface area contributed by atoms with Crippen molar-refractivity contribution in [3.8, 4) is 5.69 Å². The quantitative estimate of drug-likeness (QED) is 0.660. The van der Waals surface area contributed by atoms with Crippen LogP contribution in [0, 0.1) is 12.3 Å². The van der Waals surface area contributed by atoms with E-state index < -0.39 is 0 Å². The number of hydrogen-bond acceptors (Lipinski definition) is 4. The minimum Gasteiger partial charge on any atom is -0.383 e. The van der Waals surface area contributed by atoms with Gasteiger partial charge < -0.3 is 15.0 Å². The number of aryl methyl sites for hydroxylation is 1. The van der Waals surface area contributed by atoms with E-state index in [-0.39, 0.29) is 29.2 Å². The van der Waals surface area contributed by atoms with Gasteiger partial charge in [0.2, 0.25) is 11.8 Å². The van der Waals surface area contributed by atoms with Crippen LogP contribution in [-0.4, -0.2) is 53.3 Å². The lowest BCUT2D eigenvalue weighted by atomic mass is 9.91. The van der Waals surface area contributed by atoms with Gasteiger partial charge in [-0.15, -0.1) is 0 Å². The summed E-state index contributed by atoms with van der Waals surface area (Å²) in [4.78, 5) is 27.3. The molecule has 0 atom stereocenters. The number of rotatable bonds is 8. The highest BCUT2D eigenvalue weighted by Gasteiger charge is 2.25. The standard InChI is InChI=1S/C25H38N4O3/c1-18-10-9-11-19(14-18)29-21(15-20(27-29)25(5,6)7)26-22(30)17-28(12-13-32-8)23(31)16-24(2,3)4/h9-11,14-15H,12-13,16-17H2,1-8H3,(H,26,30). The number of anilines is 1. The highest BCUT2D eigenvalue weighted by molar-refractivity contribution is 5.94. The van der Waals surface area contributed by atoms with Crippen molar-refractivity contribution in [2.75, 3.05) is 32.1 Å². The molecule has 0 aliphatic carbocycles. The maximum absolute atomic E-state index is 13.0. The average molecular weight is 443 g/mol. The van der Waals surface area contributed by atoms with E-state index in [0.717, 1.165) is 16.9 Å². The van der Waals surface area contributed by atoms with Crippen molar-refractivity contribution in [2.45, 2.75) is 60.3 Å². The Bertz CT molecular complexity index is 935. The summed E-state index contributed by atoms with van der Waals surface area (Å²) >= 11 is 0. The van der Waals surface area contributed by atoms with Crippen LogP contribution in [0.2, 0.25) is 0 Å². The first-order valence-electron chi connectivity index (χ1n) is 11.0. The van der Waals surface area contributed by atoms with E-state index in [0.29, 0.717) is 25.4 Å². The van der Waals surface area contributed by atoms with Crippen LogP contribution in [-0.2, 0) is 19.7 Å². The molecular weight excluding hydrogens is 404 g/mol. The second kappa shape index (κ2) is 10.3. The third-order valence-electron chi connectivity index (χ3n) is 4.93. The number of ether oxygens (including phenoxy) is 1. The highest BCUT2D eigenvalue weighted by Crippen LogP contribution is 2.27. The van der Waals surface area contributed by atoms with E-state index in [2.05, 4.69) is 26.1 Å². The SMILES string of the molecule is COCCN(CC(=O)Nc1cc(C(C)(C)C)nn1-c1cccc(C)c1)C(=O)CC(C)(C)C. The highest BCUT2D eigenvalue weighted by atomic mass is 16.5. The van der Waals surface area contributed by atoms with Gasteiger partial charge in [-0.3, -0.25) is 9.59 Å². The molecule has 0 saturated carbocycles. The molecule has 0 saturated heterocycles. The summed E-state index contributed by atoms with van der Waals surface area (Å²) in [6, 6.07) is 9.86. The van der Waals surface area contributed by atoms with Gasteiger partial charge in [-0.1, -0.05) is 53.7 Å². The van der Waals surface area contributed by atoms with Gasteiger partial charge in [0.15, 0.2) is 0 Å². The van der Waals surface area contributed by atoms with Gasteiger partial charge in [-0.25, -0.2) is 4.68 Å². The molecule has 1 aromatic carbocycles. The molecular formula is C25H38N4O3. The summed E-state index contributed by atoms with van der Waals surface area (Å²) in [5.41, 5.74) is 2.50. The number of amides is 2. The van der Waals surface area contributed by atoms with Gasteiger partial charge >= 0.3 is 0 Å². The molecule has 1 N–H and O–H groups in total. The molecule has 0 bridgehead atoms. The second-order valence-electron chi connectivity index (χ2n) is 10.5. The Balaban J connectivity index is 2.28. The van der Waals surface area contributed by atoms with Gasteiger partial charge in [0.05, 0.1) is 24.5 Å². The average Bonchev–Trinajstić information content (AvgIpc) is 3.07. The number of carbonyl (C=O) groups excluding carboxylic acids is 2. The summed E-state index contributed by atoms with van der Waals surface area (Å²) in [7, 11) is 1.58. The van der Waals surface area contributed by atoms with E-state index in [1.807, 2.05) is 58.0 Å². The maximum Gasteiger partial charge on any atom is 0.245 e. The topological polar surface area (TPSA) is 76.5 Å². The van der Waals surface area contributed by atoms with Gasteiger partial charge in [0.1, 0.15) is 5.82 Å². The number of hydrogen-bond donors (Lipinski definition) is 1. The fourth-order valence-corrected chi connectivity index (χ4v) is 3.21. The lowest BCUT2D eigenvalue weighted by molar-refractivity contribution is -0.136. The molecule has 7 heteroatoms. The van der Waals surface area contributed by atoms with Crippen molar-refractivity contribution in [3.63, 3.8) is 0 Å². The van der Waals surface area contributed by atoms with E-state index in [4.69, 9.17) is 9.84 Å². The van der Waals surface area contributed by atoms with Crippen molar-refractivity contribution in [3.05, 3.63) is 41.6 Å². The molecule has 7 nitrogen and oxygen atoms in total. The fourth-order valence-electron chi connectivity index (χ4n) is 3.21. The van der Waals surface area contributed by atoms with Gasteiger partial charge in [0, 0.05) is 31.6 Å². The van der Waals surface area contributed by atoms with Crippen LogP contribution >= 0.6 is 0 Å². The minimum atomic E-state index is -0.266. The summed E-state index contributed by atoms with van der Waals surface area (Å²) in [5.74, 6) is 0.255. The second-order valence-corrected chi connectivity index (χ2v) is 10.5. The summed E-state index contributed by atoms with van der Waals surface area (Å²) in [6.45, 7) is 15.0. The molecule has 0 spiro atoms. The van der Waals surface area contributed by atoms with Crippen LogP contribution in [0.4, 0.5) is 5.82 Å². The zero-order chi connectivity index (χ0) is 24.1. The third kappa shape index (κ3) is 7.48. The molecule has 0 radical (unpaired) electrons.